The fraction of sp³-hybridized carbons (Fsp3) is 0.619. The normalized spacial score (nSPS) is 13.6. The van der Waals surface area contributed by atoms with Crippen molar-refractivity contribution in [2.45, 2.75) is 0 Å². The Bertz CT molecular complexity index is 1350. The van der Waals surface area contributed by atoms with E-state index in [0.717, 1.165) is 0 Å². The standard InChI is InChI=1S/C42H60N2O16/c45-39-35-5-1-2-6-36(35)40(46)43(39)9-11-49-13-15-51-17-19-53-21-23-55-25-27-57-29-31-59-33-34-60-32-30-58-28-26-56-24-22-54-20-18-52-16-14-50-12-10-44-41(47)37-7-3-4-8-38(37)42(44)48/h1-8H,9-34H2. The average molecular weight is 849 g/mol. The van der Waals surface area contributed by atoms with Crippen LogP contribution in [0.1, 0.15) is 41.4 Å². The maximum atomic E-state index is 12.3. The number of fused-ring (bicyclic) bond motifs is 2. The van der Waals surface area contributed by atoms with Crippen LogP contribution < -0.4 is 0 Å². The Balaban J connectivity index is 0.752. The number of benzene rings is 2. The molecular formula is C42H60N2O16. The SMILES string of the molecule is O=C1c2ccccc2C(=O)N1CCOCCOCCOCCOCCOCCOCCOCCOCCOCCOCCOCCOCCN1C(=O)c2ccccc2C1=O. The minimum Gasteiger partial charge on any atom is -0.377 e. The van der Waals surface area contributed by atoms with Crippen LogP contribution >= 0.6 is 0 Å². The lowest BCUT2D eigenvalue weighted by atomic mass is 10.1. The van der Waals surface area contributed by atoms with Gasteiger partial charge in [-0.3, -0.25) is 29.0 Å². The monoisotopic (exact) mass is 848 g/mol. The zero-order valence-corrected chi connectivity index (χ0v) is 34.4. The molecule has 2 heterocycles. The van der Waals surface area contributed by atoms with Crippen molar-refractivity contribution in [3.05, 3.63) is 70.8 Å². The van der Waals surface area contributed by atoms with E-state index >= 15 is 0 Å². The molecule has 0 spiro atoms. The first kappa shape index (κ1) is 48.9. The van der Waals surface area contributed by atoms with Crippen LogP contribution in [0.4, 0.5) is 0 Å². The second-order valence-electron chi connectivity index (χ2n) is 13.0. The molecule has 0 unspecified atom stereocenters. The Hall–Kier alpha value is -3.76. The van der Waals surface area contributed by atoms with E-state index in [2.05, 4.69) is 0 Å². The molecule has 0 bridgehead atoms. The molecule has 2 aliphatic heterocycles. The second kappa shape index (κ2) is 31.1. The molecule has 0 aliphatic carbocycles. The molecule has 0 radical (unpaired) electrons. The van der Waals surface area contributed by atoms with E-state index in [4.69, 9.17) is 56.8 Å². The Labute approximate surface area is 351 Å². The van der Waals surface area contributed by atoms with Crippen LogP contribution in [0, 0.1) is 0 Å². The maximum absolute atomic E-state index is 12.3. The summed E-state index contributed by atoms with van der Waals surface area (Å²) < 4.78 is 65.8. The third-order valence-electron chi connectivity index (χ3n) is 8.77. The smallest absolute Gasteiger partial charge is 0.261 e. The lowest BCUT2D eigenvalue weighted by Crippen LogP contribution is -2.33. The highest BCUT2D eigenvalue weighted by atomic mass is 16.6. The number of carbonyl (C=O) groups excluding carboxylic acids is 4. The van der Waals surface area contributed by atoms with Gasteiger partial charge in [0, 0.05) is 0 Å². The molecule has 4 rings (SSSR count). The predicted molar refractivity (Wildman–Crippen MR) is 213 cm³/mol. The fourth-order valence-corrected chi connectivity index (χ4v) is 5.72. The van der Waals surface area contributed by atoms with Crippen LogP contribution in [0.2, 0.25) is 0 Å². The molecule has 0 N–H and O–H groups in total. The highest BCUT2D eigenvalue weighted by Crippen LogP contribution is 2.23. The molecule has 18 nitrogen and oxygen atoms in total. The second-order valence-corrected chi connectivity index (χ2v) is 13.0. The van der Waals surface area contributed by atoms with E-state index in [1.807, 2.05) is 0 Å². The third kappa shape index (κ3) is 18.5. The summed E-state index contributed by atoms with van der Waals surface area (Å²) in [5.74, 6) is -1.14. The largest absolute Gasteiger partial charge is 0.377 e. The van der Waals surface area contributed by atoms with E-state index in [1.165, 1.54) is 9.80 Å². The highest BCUT2D eigenvalue weighted by Gasteiger charge is 2.35. The van der Waals surface area contributed by atoms with Crippen molar-refractivity contribution in [3.8, 4) is 0 Å². The third-order valence-corrected chi connectivity index (χ3v) is 8.77. The Morgan fingerprint density at radius 2 is 0.400 bits per heavy atom. The van der Waals surface area contributed by atoms with Gasteiger partial charge in [-0.2, -0.15) is 0 Å². The summed E-state index contributed by atoms with van der Waals surface area (Å²) in [6, 6.07) is 13.6. The molecule has 0 fully saturated rings. The number of rotatable bonds is 39. The first-order chi connectivity index (χ1) is 29.6. The number of amides is 4. The minimum absolute atomic E-state index is 0.206. The number of carbonyl (C=O) groups is 4. The van der Waals surface area contributed by atoms with Crippen molar-refractivity contribution in [1.29, 1.82) is 0 Å². The lowest BCUT2D eigenvalue weighted by molar-refractivity contribution is -0.0284. The molecule has 60 heavy (non-hydrogen) atoms. The van der Waals surface area contributed by atoms with Gasteiger partial charge in [-0.25, -0.2) is 0 Å². The average Bonchev–Trinajstić information content (AvgIpc) is 3.66. The summed E-state index contributed by atoms with van der Waals surface area (Å²) in [5, 5.41) is 0. The summed E-state index contributed by atoms with van der Waals surface area (Å²) in [5.41, 5.74) is 1.74. The van der Waals surface area contributed by atoms with Gasteiger partial charge in [-0.15, -0.1) is 0 Å². The maximum Gasteiger partial charge on any atom is 0.261 e. The van der Waals surface area contributed by atoms with Crippen LogP contribution in [0.15, 0.2) is 48.5 Å². The molecule has 0 saturated heterocycles. The van der Waals surface area contributed by atoms with Gasteiger partial charge in [0.15, 0.2) is 0 Å². The van der Waals surface area contributed by atoms with Crippen molar-refractivity contribution in [2.75, 3.05) is 172 Å². The molecule has 18 heteroatoms. The summed E-state index contributed by atoms with van der Waals surface area (Å²) in [4.78, 5) is 51.7. The molecular weight excluding hydrogens is 788 g/mol. The van der Waals surface area contributed by atoms with Gasteiger partial charge in [0.2, 0.25) is 0 Å². The molecule has 0 saturated carbocycles. The van der Waals surface area contributed by atoms with E-state index < -0.39 is 0 Å². The van der Waals surface area contributed by atoms with Crippen LogP contribution in [0.5, 0.6) is 0 Å². The molecule has 0 atom stereocenters. The van der Waals surface area contributed by atoms with E-state index in [-0.39, 0.29) is 49.9 Å². The first-order valence-corrected chi connectivity index (χ1v) is 20.4. The van der Waals surface area contributed by atoms with E-state index in [1.54, 1.807) is 48.5 Å². The topological polar surface area (TPSA) is 186 Å². The van der Waals surface area contributed by atoms with Crippen molar-refractivity contribution >= 4 is 23.6 Å². The van der Waals surface area contributed by atoms with Gasteiger partial charge in [0.05, 0.1) is 194 Å². The summed E-state index contributed by atoms with van der Waals surface area (Å²) in [7, 11) is 0. The molecule has 0 aromatic heterocycles. The van der Waals surface area contributed by atoms with Gasteiger partial charge >= 0.3 is 0 Å². The van der Waals surface area contributed by atoms with Crippen molar-refractivity contribution in [1.82, 2.24) is 9.80 Å². The lowest BCUT2D eigenvalue weighted by Gasteiger charge is -2.13. The predicted octanol–water partition coefficient (Wildman–Crippen LogP) is 1.78. The molecule has 2 aliphatic rings. The Morgan fingerprint density at radius 3 is 0.567 bits per heavy atom. The zero-order valence-electron chi connectivity index (χ0n) is 34.4. The number of hydrogen-bond acceptors (Lipinski definition) is 16. The Kier molecular flexibility index (Phi) is 25.4. The van der Waals surface area contributed by atoms with Gasteiger partial charge in [-0.1, -0.05) is 24.3 Å². The quantitative estimate of drug-likeness (QED) is 0.0700. The van der Waals surface area contributed by atoms with Crippen molar-refractivity contribution < 1.29 is 76.0 Å². The van der Waals surface area contributed by atoms with Crippen molar-refractivity contribution in [3.63, 3.8) is 0 Å². The molecule has 4 amide bonds. The number of nitrogens with zero attached hydrogens (tertiary/aromatic N) is 2. The zero-order chi connectivity index (χ0) is 42.3. The van der Waals surface area contributed by atoms with Crippen LogP contribution in [0.25, 0.3) is 0 Å². The van der Waals surface area contributed by atoms with E-state index in [0.29, 0.717) is 168 Å². The van der Waals surface area contributed by atoms with Gasteiger partial charge in [0.1, 0.15) is 0 Å². The number of imide groups is 2. The van der Waals surface area contributed by atoms with Gasteiger partial charge in [-0.05, 0) is 24.3 Å². The first-order valence-electron chi connectivity index (χ1n) is 20.4. The fourth-order valence-electron chi connectivity index (χ4n) is 5.72. The number of hydrogen-bond donors (Lipinski definition) is 0. The summed E-state index contributed by atoms with van der Waals surface area (Å²) in [6.07, 6.45) is 0. The molecule has 2 aromatic carbocycles. The Morgan fingerprint density at radius 1 is 0.250 bits per heavy atom. The summed E-state index contributed by atoms with van der Waals surface area (Å²) >= 11 is 0. The molecule has 2 aromatic rings. The van der Waals surface area contributed by atoms with Crippen LogP contribution in [-0.2, 0) is 56.8 Å². The van der Waals surface area contributed by atoms with Crippen LogP contribution in [-0.4, -0.2) is 205 Å². The van der Waals surface area contributed by atoms with Crippen LogP contribution in [0.3, 0.4) is 0 Å². The van der Waals surface area contributed by atoms with Crippen molar-refractivity contribution in [2.24, 2.45) is 0 Å². The van der Waals surface area contributed by atoms with Gasteiger partial charge < -0.3 is 56.8 Å². The minimum atomic E-state index is -0.284. The number of ether oxygens (including phenoxy) is 12. The van der Waals surface area contributed by atoms with E-state index in [9.17, 15) is 19.2 Å². The van der Waals surface area contributed by atoms with Gasteiger partial charge in [0.25, 0.3) is 23.6 Å². The highest BCUT2D eigenvalue weighted by molar-refractivity contribution is 6.22. The molecule has 334 valence electrons. The summed E-state index contributed by atoms with van der Waals surface area (Å²) in [6.45, 7) is 10.6.